The fourth-order valence-electron chi connectivity index (χ4n) is 5.04. The van der Waals surface area contributed by atoms with Crippen LogP contribution in [0.4, 0.5) is 17.5 Å². The van der Waals surface area contributed by atoms with E-state index in [2.05, 4.69) is 20.2 Å². The predicted octanol–water partition coefficient (Wildman–Crippen LogP) is 4.54. The minimum Gasteiger partial charge on any atom is -0.462 e. The highest BCUT2D eigenvalue weighted by atomic mass is 16.5. The normalized spacial score (nSPS) is 21.0. The van der Waals surface area contributed by atoms with Crippen LogP contribution < -0.4 is 16.4 Å². The van der Waals surface area contributed by atoms with E-state index < -0.39 is 0 Å². The van der Waals surface area contributed by atoms with Gasteiger partial charge in [0.2, 0.25) is 5.95 Å². The summed E-state index contributed by atoms with van der Waals surface area (Å²) in [5, 5.41) is 6.92. The SMILES string of the molecule is CCOC(=O)c1cccc(Nc2nc(NC3CCC(N)CC3)nc3c2ncn3C2CCCC2)c1. The lowest BCUT2D eigenvalue weighted by atomic mass is 9.92. The van der Waals surface area contributed by atoms with Crippen LogP contribution in [0.2, 0.25) is 0 Å². The zero-order valence-electron chi connectivity index (χ0n) is 19.7. The van der Waals surface area contributed by atoms with E-state index in [1.165, 1.54) is 12.8 Å². The highest BCUT2D eigenvalue weighted by Crippen LogP contribution is 2.34. The van der Waals surface area contributed by atoms with Gasteiger partial charge in [-0.05, 0) is 63.6 Å². The van der Waals surface area contributed by atoms with Crippen molar-refractivity contribution in [1.29, 1.82) is 0 Å². The van der Waals surface area contributed by atoms with E-state index >= 15 is 0 Å². The Labute approximate surface area is 199 Å². The monoisotopic (exact) mass is 463 g/mol. The summed E-state index contributed by atoms with van der Waals surface area (Å²) < 4.78 is 7.35. The van der Waals surface area contributed by atoms with E-state index in [0.717, 1.165) is 55.4 Å². The Hall–Kier alpha value is -3.20. The van der Waals surface area contributed by atoms with Crippen LogP contribution in [0.3, 0.4) is 0 Å². The predicted molar refractivity (Wildman–Crippen MR) is 132 cm³/mol. The van der Waals surface area contributed by atoms with Crippen LogP contribution in [0.15, 0.2) is 30.6 Å². The molecule has 0 amide bonds. The first-order valence-electron chi connectivity index (χ1n) is 12.4. The molecule has 2 heterocycles. The van der Waals surface area contributed by atoms with Gasteiger partial charge in [0, 0.05) is 23.8 Å². The number of fused-ring (bicyclic) bond motifs is 1. The molecule has 0 radical (unpaired) electrons. The van der Waals surface area contributed by atoms with Gasteiger partial charge in [0.05, 0.1) is 18.5 Å². The fourth-order valence-corrected chi connectivity index (χ4v) is 5.04. The average molecular weight is 464 g/mol. The number of hydrogen-bond acceptors (Lipinski definition) is 8. The Kier molecular flexibility index (Phi) is 6.62. The van der Waals surface area contributed by atoms with Crippen LogP contribution >= 0.6 is 0 Å². The molecular weight excluding hydrogens is 430 g/mol. The molecule has 0 bridgehead atoms. The summed E-state index contributed by atoms with van der Waals surface area (Å²) in [5.41, 5.74) is 8.89. The minimum absolute atomic E-state index is 0.286. The number of esters is 1. The van der Waals surface area contributed by atoms with Gasteiger partial charge in [-0.1, -0.05) is 18.9 Å². The number of nitrogens with one attached hydrogen (secondary N) is 2. The van der Waals surface area contributed by atoms with E-state index in [9.17, 15) is 4.79 Å². The Morgan fingerprint density at radius 2 is 1.94 bits per heavy atom. The largest absolute Gasteiger partial charge is 0.462 e. The minimum atomic E-state index is -0.345. The summed E-state index contributed by atoms with van der Waals surface area (Å²) in [5.74, 6) is 0.872. The van der Waals surface area contributed by atoms with Gasteiger partial charge in [-0.25, -0.2) is 9.78 Å². The summed E-state index contributed by atoms with van der Waals surface area (Å²) in [4.78, 5) is 26.6. The Morgan fingerprint density at radius 1 is 1.15 bits per heavy atom. The summed E-state index contributed by atoms with van der Waals surface area (Å²) in [6, 6.07) is 8.26. The Bertz CT molecular complexity index is 1150. The molecule has 0 saturated heterocycles. The maximum Gasteiger partial charge on any atom is 0.338 e. The maximum atomic E-state index is 12.2. The van der Waals surface area contributed by atoms with Gasteiger partial charge < -0.3 is 25.7 Å². The quantitative estimate of drug-likeness (QED) is 0.437. The van der Waals surface area contributed by atoms with Crippen LogP contribution in [0, 0.1) is 0 Å². The number of imidazole rings is 1. The highest BCUT2D eigenvalue weighted by molar-refractivity contribution is 5.92. The molecule has 2 aliphatic rings. The van der Waals surface area contributed by atoms with E-state index in [1.54, 1.807) is 19.1 Å². The van der Waals surface area contributed by atoms with Crippen LogP contribution in [-0.4, -0.2) is 44.2 Å². The second kappa shape index (κ2) is 9.97. The summed E-state index contributed by atoms with van der Waals surface area (Å²) in [7, 11) is 0. The van der Waals surface area contributed by atoms with Gasteiger partial charge >= 0.3 is 5.97 Å². The van der Waals surface area contributed by atoms with Crippen molar-refractivity contribution >= 4 is 34.6 Å². The number of nitrogens with two attached hydrogens (primary N) is 1. The third-order valence-electron chi connectivity index (χ3n) is 6.88. The molecule has 0 atom stereocenters. The van der Waals surface area contributed by atoms with Gasteiger partial charge in [-0.2, -0.15) is 9.97 Å². The molecule has 0 spiro atoms. The lowest BCUT2D eigenvalue weighted by Gasteiger charge is -2.27. The molecule has 4 N–H and O–H groups in total. The van der Waals surface area contributed by atoms with Crippen LogP contribution in [0.5, 0.6) is 0 Å². The van der Waals surface area contributed by atoms with Gasteiger partial charge in [-0.15, -0.1) is 0 Å². The third kappa shape index (κ3) is 4.84. The summed E-state index contributed by atoms with van der Waals surface area (Å²) >= 11 is 0. The number of rotatable bonds is 7. The van der Waals surface area contributed by atoms with Crippen molar-refractivity contribution in [3.63, 3.8) is 0 Å². The van der Waals surface area contributed by atoms with Crippen LogP contribution in [0.1, 0.15) is 74.7 Å². The molecule has 34 heavy (non-hydrogen) atoms. The highest BCUT2D eigenvalue weighted by Gasteiger charge is 2.24. The molecule has 2 aliphatic carbocycles. The standard InChI is InChI=1S/C25H33N7O2/c1-2-34-24(33)16-6-5-7-19(14-16)28-22-21-23(32(15-27-21)20-8-3-4-9-20)31-25(30-22)29-18-12-10-17(26)11-13-18/h5-7,14-15,17-18,20H,2-4,8-13,26H2,1H3,(H2,28,29,30,31). The second-order valence-corrected chi connectivity index (χ2v) is 9.34. The smallest absolute Gasteiger partial charge is 0.338 e. The number of hydrogen-bond donors (Lipinski definition) is 3. The topological polar surface area (TPSA) is 120 Å². The van der Waals surface area contributed by atoms with Gasteiger partial charge in [0.1, 0.15) is 0 Å². The number of carbonyl (C=O) groups is 1. The molecular formula is C25H33N7O2. The van der Waals surface area contributed by atoms with Gasteiger partial charge in [0.25, 0.3) is 0 Å². The lowest BCUT2D eigenvalue weighted by molar-refractivity contribution is 0.0526. The maximum absolute atomic E-state index is 12.2. The molecule has 1 aromatic carbocycles. The van der Waals surface area contributed by atoms with Crippen molar-refractivity contribution in [3.05, 3.63) is 36.2 Å². The lowest BCUT2D eigenvalue weighted by Crippen LogP contribution is -2.33. The van der Waals surface area contributed by atoms with E-state index in [-0.39, 0.29) is 12.0 Å². The average Bonchev–Trinajstić information content (AvgIpc) is 3.51. The molecule has 0 unspecified atom stereocenters. The zero-order chi connectivity index (χ0) is 23.5. The van der Waals surface area contributed by atoms with Gasteiger partial charge in [0.15, 0.2) is 17.0 Å². The van der Waals surface area contributed by atoms with E-state index in [1.807, 2.05) is 18.5 Å². The van der Waals surface area contributed by atoms with E-state index in [4.69, 9.17) is 20.4 Å². The van der Waals surface area contributed by atoms with Crippen LogP contribution in [-0.2, 0) is 4.74 Å². The van der Waals surface area contributed by atoms with Crippen LogP contribution in [0.25, 0.3) is 11.2 Å². The summed E-state index contributed by atoms with van der Waals surface area (Å²) in [6.45, 7) is 2.13. The zero-order valence-corrected chi connectivity index (χ0v) is 19.7. The number of carbonyl (C=O) groups excluding carboxylic acids is 1. The second-order valence-electron chi connectivity index (χ2n) is 9.34. The molecule has 2 aromatic heterocycles. The Morgan fingerprint density at radius 3 is 2.71 bits per heavy atom. The first-order valence-corrected chi connectivity index (χ1v) is 12.4. The van der Waals surface area contributed by atoms with Gasteiger partial charge in [-0.3, -0.25) is 0 Å². The number of benzene rings is 1. The molecule has 2 fully saturated rings. The summed E-state index contributed by atoms with van der Waals surface area (Å²) in [6.07, 6.45) is 10.7. The van der Waals surface area contributed by atoms with Crippen molar-refractivity contribution in [2.24, 2.45) is 5.73 Å². The molecule has 3 aromatic rings. The van der Waals surface area contributed by atoms with Crippen molar-refractivity contribution in [2.45, 2.75) is 76.4 Å². The van der Waals surface area contributed by atoms with E-state index in [0.29, 0.717) is 36.0 Å². The molecule has 0 aliphatic heterocycles. The number of aromatic nitrogens is 4. The van der Waals surface area contributed by atoms with Crippen molar-refractivity contribution in [1.82, 2.24) is 19.5 Å². The third-order valence-corrected chi connectivity index (χ3v) is 6.88. The molecule has 5 rings (SSSR count). The number of anilines is 3. The molecule has 9 heteroatoms. The van der Waals surface area contributed by atoms with Crippen molar-refractivity contribution in [2.75, 3.05) is 17.2 Å². The number of nitrogens with zero attached hydrogens (tertiary/aromatic N) is 4. The van der Waals surface area contributed by atoms with Crippen molar-refractivity contribution in [3.8, 4) is 0 Å². The molecule has 180 valence electrons. The first-order chi connectivity index (χ1) is 16.6. The molecule has 2 saturated carbocycles. The fraction of sp³-hybridized carbons (Fsp3) is 0.520. The Balaban J connectivity index is 1.48. The first kappa shape index (κ1) is 22.6. The van der Waals surface area contributed by atoms with Crippen molar-refractivity contribution < 1.29 is 9.53 Å². The number of ether oxygens (including phenoxy) is 1. The molecule has 9 nitrogen and oxygen atoms in total.